The third-order valence-corrected chi connectivity index (χ3v) is 6.59. The molecule has 10 heteroatoms. The summed E-state index contributed by atoms with van der Waals surface area (Å²) >= 11 is 1.26. The lowest BCUT2D eigenvalue weighted by Crippen LogP contribution is -2.42. The summed E-state index contributed by atoms with van der Waals surface area (Å²) in [7, 11) is 1.64. The standard InChI is InChI=1S/C22H26N6O3S/c1-13-7-14(2)9-16(8-13)25-17(29)11-28-12-24-19-18(21(28)31)32-22(26-19)27-6-4-5-15(10-27)20(30)23-3/h7-9,12,15H,4-6,10-11H2,1-3H3,(H,23,30)(H,25,29)/t15-/m1/s1. The number of piperidine rings is 1. The van der Waals surface area contributed by atoms with Crippen molar-refractivity contribution in [2.24, 2.45) is 5.92 Å². The van der Waals surface area contributed by atoms with Gasteiger partial charge in [-0.05, 0) is 49.9 Å². The van der Waals surface area contributed by atoms with E-state index in [1.807, 2.05) is 36.9 Å². The highest BCUT2D eigenvalue weighted by Gasteiger charge is 2.27. The maximum Gasteiger partial charge on any atom is 0.273 e. The fraction of sp³-hybridized carbons (Fsp3) is 0.409. The smallest absolute Gasteiger partial charge is 0.273 e. The Balaban J connectivity index is 1.52. The van der Waals surface area contributed by atoms with Crippen LogP contribution in [0.4, 0.5) is 10.8 Å². The van der Waals surface area contributed by atoms with E-state index in [2.05, 4.69) is 20.6 Å². The summed E-state index contributed by atoms with van der Waals surface area (Å²) in [5.74, 6) is -0.377. The molecule has 1 atom stereocenters. The molecular weight excluding hydrogens is 428 g/mol. The number of carbonyl (C=O) groups is 2. The number of nitrogens with one attached hydrogen (secondary N) is 2. The van der Waals surface area contributed by atoms with Crippen molar-refractivity contribution < 1.29 is 9.59 Å². The lowest BCUT2D eigenvalue weighted by Gasteiger charge is -2.31. The Bertz CT molecular complexity index is 1210. The van der Waals surface area contributed by atoms with Crippen molar-refractivity contribution in [3.05, 3.63) is 46.0 Å². The van der Waals surface area contributed by atoms with Gasteiger partial charge < -0.3 is 15.5 Å². The number of hydrogen-bond donors (Lipinski definition) is 2. The number of thiazole rings is 1. The first-order valence-electron chi connectivity index (χ1n) is 10.5. The van der Waals surface area contributed by atoms with Crippen LogP contribution in [0.1, 0.15) is 24.0 Å². The number of benzene rings is 1. The van der Waals surface area contributed by atoms with E-state index in [1.54, 1.807) is 7.05 Å². The summed E-state index contributed by atoms with van der Waals surface area (Å²) in [6.45, 7) is 5.13. The van der Waals surface area contributed by atoms with Crippen LogP contribution in [0.15, 0.2) is 29.3 Å². The first kappa shape index (κ1) is 21.9. The van der Waals surface area contributed by atoms with E-state index in [0.717, 1.165) is 30.5 Å². The van der Waals surface area contributed by atoms with E-state index >= 15 is 0 Å². The maximum atomic E-state index is 13.0. The fourth-order valence-corrected chi connectivity index (χ4v) is 5.06. The molecule has 9 nitrogen and oxygen atoms in total. The molecule has 0 aliphatic carbocycles. The molecule has 32 heavy (non-hydrogen) atoms. The molecule has 3 aromatic rings. The van der Waals surface area contributed by atoms with E-state index in [-0.39, 0.29) is 29.8 Å². The number of aromatic nitrogens is 3. The lowest BCUT2D eigenvalue weighted by atomic mass is 9.98. The van der Waals surface area contributed by atoms with Crippen molar-refractivity contribution >= 4 is 44.3 Å². The average Bonchev–Trinajstić information content (AvgIpc) is 3.20. The molecule has 1 fully saturated rings. The van der Waals surface area contributed by atoms with Gasteiger partial charge in [-0.25, -0.2) is 4.98 Å². The summed E-state index contributed by atoms with van der Waals surface area (Å²) in [6.07, 6.45) is 3.07. The minimum atomic E-state index is -0.299. The predicted molar refractivity (Wildman–Crippen MR) is 125 cm³/mol. The van der Waals surface area contributed by atoms with Crippen LogP contribution in [0, 0.1) is 19.8 Å². The first-order chi connectivity index (χ1) is 15.3. The number of aryl methyl sites for hydroxylation is 2. The van der Waals surface area contributed by atoms with Crippen LogP contribution in [0.2, 0.25) is 0 Å². The number of amides is 2. The molecule has 0 bridgehead atoms. The van der Waals surface area contributed by atoms with Crippen molar-refractivity contribution in [1.29, 1.82) is 0 Å². The second-order valence-corrected chi connectivity index (χ2v) is 9.13. The molecule has 2 aromatic heterocycles. The van der Waals surface area contributed by atoms with Crippen molar-refractivity contribution in [1.82, 2.24) is 19.9 Å². The van der Waals surface area contributed by atoms with Gasteiger partial charge in [0, 0.05) is 25.8 Å². The molecule has 1 aliphatic heterocycles. The molecule has 1 aliphatic rings. The van der Waals surface area contributed by atoms with Gasteiger partial charge in [0.1, 0.15) is 17.6 Å². The third kappa shape index (κ3) is 4.64. The molecule has 2 amide bonds. The summed E-state index contributed by atoms with van der Waals surface area (Å²) in [5.41, 5.74) is 2.87. The van der Waals surface area contributed by atoms with Crippen molar-refractivity contribution in [2.45, 2.75) is 33.2 Å². The number of carbonyl (C=O) groups excluding carboxylic acids is 2. The Morgan fingerprint density at radius 3 is 2.69 bits per heavy atom. The van der Waals surface area contributed by atoms with Crippen LogP contribution >= 0.6 is 11.3 Å². The Morgan fingerprint density at radius 2 is 1.97 bits per heavy atom. The van der Waals surface area contributed by atoms with Gasteiger partial charge in [-0.15, -0.1) is 0 Å². The molecule has 168 valence electrons. The van der Waals surface area contributed by atoms with Gasteiger partial charge in [0.2, 0.25) is 11.8 Å². The maximum absolute atomic E-state index is 13.0. The molecule has 1 saturated heterocycles. The van der Waals surface area contributed by atoms with E-state index in [9.17, 15) is 14.4 Å². The topological polar surface area (TPSA) is 109 Å². The van der Waals surface area contributed by atoms with Gasteiger partial charge >= 0.3 is 0 Å². The molecule has 3 heterocycles. The SMILES string of the molecule is CNC(=O)[C@@H]1CCCN(c2nc3ncn(CC(=O)Nc4cc(C)cc(C)c4)c(=O)c3s2)C1. The molecule has 1 aromatic carbocycles. The minimum Gasteiger partial charge on any atom is -0.359 e. The molecule has 4 rings (SSSR count). The summed E-state index contributed by atoms with van der Waals surface area (Å²) in [5, 5.41) is 6.22. The lowest BCUT2D eigenvalue weighted by molar-refractivity contribution is -0.124. The van der Waals surface area contributed by atoms with Crippen molar-refractivity contribution in [3.8, 4) is 0 Å². The quantitative estimate of drug-likeness (QED) is 0.611. The van der Waals surface area contributed by atoms with Crippen LogP contribution in [0.25, 0.3) is 10.3 Å². The van der Waals surface area contributed by atoms with Gasteiger partial charge in [0.15, 0.2) is 10.8 Å². The summed E-state index contributed by atoms with van der Waals surface area (Å²) < 4.78 is 1.70. The minimum absolute atomic E-state index is 0.0195. The van der Waals surface area contributed by atoms with Gasteiger partial charge in [-0.3, -0.25) is 19.0 Å². The molecule has 0 saturated carbocycles. The fourth-order valence-electron chi connectivity index (χ4n) is 4.05. The Hall–Kier alpha value is -3.27. The van der Waals surface area contributed by atoms with Crippen molar-refractivity contribution in [3.63, 3.8) is 0 Å². The second kappa shape index (κ2) is 9.07. The zero-order chi connectivity index (χ0) is 22.8. The Kier molecular flexibility index (Phi) is 6.22. The third-order valence-electron chi connectivity index (χ3n) is 5.50. The van der Waals surface area contributed by atoms with Crippen LogP contribution < -0.4 is 21.1 Å². The zero-order valence-electron chi connectivity index (χ0n) is 18.3. The Morgan fingerprint density at radius 1 is 1.22 bits per heavy atom. The molecular formula is C22H26N6O3S. The highest BCUT2D eigenvalue weighted by atomic mass is 32.1. The predicted octanol–water partition coefficient (Wildman–Crippen LogP) is 2.07. The molecule has 0 spiro atoms. The van der Waals surface area contributed by atoms with Gasteiger partial charge in [-0.1, -0.05) is 17.4 Å². The molecule has 0 radical (unpaired) electrons. The summed E-state index contributed by atoms with van der Waals surface area (Å²) in [6, 6.07) is 5.79. The average molecular weight is 455 g/mol. The zero-order valence-corrected chi connectivity index (χ0v) is 19.2. The van der Waals surface area contributed by atoms with E-state index in [0.29, 0.717) is 27.7 Å². The van der Waals surface area contributed by atoms with Crippen molar-refractivity contribution in [2.75, 3.05) is 30.4 Å². The number of nitrogens with zero attached hydrogens (tertiary/aromatic N) is 4. The van der Waals surface area contributed by atoms with E-state index in [4.69, 9.17) is 0 Å². The monoisotopic (exact) mass is 454 g/mol. The second-order valence-electron chi connectivity index (χ2n) is 8.15. The van der Waals surface area contributed by atoms with Crippen LogP contribution in [0.3, 0.4) is 0 Å². The van der Waals surface area contributed by atoms with Gasteiger partial charge in [0.05, 0.1) is 5.92 Å². The molecule has 2 N–H and O–H groups in total. The number of rotatable bonds is 5. The number of hydrogen-bond acceptors (Lipinski definition) is 7. The van der Waals surface area contributed by atoms with Crippen LogP contribution in [0.5, 0.6) is 0 Å². The summed E-state index contributed by atoms with van der Waals surface area (Å²) in [4.78, 5) is 48.4. The number of fused-ring (bicyclic) bond motifs is 1. The van der Waals surface area contributed by atoms with E-state index in [1.165, 1.54) is 22.2 Å². The van der Waals surface area contributed by atoms with Crippen LogP contribution in [-0.4, -0.2) is 46.5 Å². The van der Waals surface area contributed by atoms with Crippen LogP contribution in [-0.2, 0) is 16.1 Å². The Labute approximate surface area is 189 Å². The van der Waals surface area contributed by atoms with E-state index < -0.39 is 0 Å². The normalized spacial score (nSPS) is 16.2. The first-order valence-corrected chi connectivity index (χ1v) is 11.4. The largest absolute Gasteiger partial charge is 0.359 e. The van der Waals surface area contributed by atoms with Gasteiger partial charge in [0.25, 0.3) is 5.56 Å². The number of anilines is 2. The molecule has 0 unspecified atom stereocenters. The highest BCUT2D eigenvalue weighted by molar-refractivity contribution is 7.22. The van der Waals surface area contributed by atoms with Gasteiger partial charge in [-0.2, -0.15) is 4.98 Å². The highest BCUT2D eigenvalue weighted by Crippen LogP contribution is 2.29.